The second kappa shape index (κ2) is 8.50. The number of hydrogen-bond donors (Lipinski definition) is 1. The number of benzene rings is 1. The van der Waals surface area contributed by atoms with Gasteiger partial charge in [-0.05, 0) is 63.4 Å². The normalized spacial score (nSPS) is 20.3. The molecule has 7 heteroatoms. The van der Waals surface area contributed by atoms with Crippen LogP contribution in [0.5, 0.6) is 0 Å². The predicted molar refractivity (Wildman–Crippen MR) is 102 cm³/mol. The molecule has 2 fully saturated rings. The zero-order valence-corrected chi connectivity index (χ0v) is 16.3. The minimum Gasteiger partial charge on any atom is -0.339 e. The second-order valence-corrected chi connectivity index (χ2v) is 9.22. The molecule has 1 aromatic rings. The lowest BCUT2D eigenvalue weighted by atomic mass is 9.96. The number of carbonyl (C=O) groups is 1. The maximum atomic E-state index is 12.8. The molecule has 26 heavy (non-hydrogen) atoms. The van der Waals surface area contributed by atoms with Gasteiger partial charge in [0.1, 0.15) is 0 Å². The van der Waals surface area contributed by atoms with Crippen molar-refractivity contribution in [3.8, 4) is 0 Å². The van der Waals surface area contributed by atoms with Gasteiger partial charge in [-0.3, -0.25) is 4.79 Å². The highest BCUT2D eigenvalue weighted by atomic mass is 32.2. The molecule has 0 aromatic heterocycles. The smallest absolute Gasteiger partial charge is 0.253 e. The summed E-state index contributed by atoms with van der Waals surface area (Å²) in [5.41, 5.74) is 0.468. The van der Waals surface area contributed by atoms with E-state index in [4.69, 9.17) is 0 Å². The quantitative estimate of drug-likeness (QED) is 0.849. The molecule has 0 unspecified atom stereocenters. The van der Waals surface area contributed by atoms with Gasteiger partial charge in [0.05, 0.1) is 4.90 Å². The van der Waals surface area contributed by atoms with E-state index in [2.05, 4.69) is 5.32 Å². The van der Waals surface area contributed by atoms with Crippen LogP contribution in [0, 0.1) is 5.92 Å². The van der Waals surface area contributed by atoms with Crippen LogP contribution in [0.1, 0.15) is 42.5 Å². The lowest BCUT2D eigenvalue weighted by molar-refractivity contribution is 0.0690. The van der Waals surface area contributed by atoms with Gasteiger partial charge in [-0.2, -0.15) is 4.31 Å². The molecule has 0 bridgehead atoms. The molecular formula is C19H29N3O3S. The van der Waals surface area contributed by atoms with Crippen molar-refractivity contribution in [2.45, 2.75) is 37.0 Å². The Morgan fingerprint density at radius 2 is 1.81 bits per heavy atom. The van der Waals surface area contributed by atoms with Crippen LogP contribution >= 0.6 is 0 Å². The zero-order chi connectivity index (χ0) is 18.6. The first kappa shape index (κ1) is 19.3. The Bertz CT molecular complexity index is 721. The van der Waals surface area contributed by atoms with Crippen LogP contribution in [0.15, 0.2) is 29.2 Å². The molecule has 6 nitrogen and oxygen atoms in total. The molecule has 1 amide bonds. The largest absolute Gasteiger partial charge is 0.339 e. The highest BCUT2D eigenvalue weighted by Gasteiger charge is 2.28. The van der Waals surface area contributed by atoms with E-state index in [1.165, 1.54) is 0 Å². The Balaban J connectivity index is 1.72. The molecular weight excluding hydrogens is 350 g/mol. The summed E-state index contributed by atoms with van der Waals surface area (Å²) in [6.45, 7) is 3.58. The molecule has 0 spiro atoms. The number of sulfonamides is 1. The Labute approximate surface area is 156 Å². The van der Waals surface area contributed by atoms with Gasteiger partial charge in [0.15, 0.2) is 0 Å². The topological polar surface area (TPSA) is 69.7 Å². The number of hydrogen-bond acceptors (Lipinski definition) is 4. The first-order valence-corrected chi connectivity index (χ1v) is 11.0. The van der Waals surface area contributed by atoms with Crippen LogP contribution in [-0.4, -0.2) is 63.3 Å². The van der Waals surface area contributed by atoms with Gasteiger partial charge in [-0.15, -0.1) is 0 Å². The van der Waals surface area contributed by atoms with E-state index >= 15 is 0 Å². The molecule has 0 atom stereocenters. The van der Waals surface area contributed by atoms with Crippen molar-refractivity contribution in [2.75, 3.05) is 39.8 Å². The predicted octanol–water partition coefficient (Wildman–Crippen LogP) is 1.93. The highest BCUT2D eigenvalue weighted by molar-refractivity contribution is 7.89. The summed E-state index contributed by atoms with van der Waals surface area (Å²) in [4.78, 5) is 14.9. The Kier molecular flexibility index (Phi) is 6.32. The van der Waals surface area contributed by atoms with Gasteiger partial charge in [0.25, 0.3) is 5.91 Å². The fourth-order valence-corrected chi connectivity index (χ4v) is 5.42. The molecule has 0 aliphatic carbocycles. The Morgan fingerprint density at radius 1 is 1.12 bits per heavy atom. The third kappa shape index (κ3) is 4.27. The van der Waals surface area contributed by atoms with Gasteiger partial charge in [0, 0.05) is 31.7 Å². The average molecular weight is 380 g/mol. The summed E-state index contributed by atoms with van der Waals surface area (Å²) < 4.78 is 27.2. The molecule has 1 N–H and O–H groups in total. The van der Waals surface area contributed by atoms with Crippen LogP contribution in [-0.2, 0) is 10.0 Å². The number of amides is 1. The molecule has 2 saturated heterocycles. The highest BCUT2D eigenvalue weighted by Crippen LogP contribution is 2.23. The molecule has 1 aromatic carbocycles. The summed E-state index contributed by atoms with van der Waals surface area (Å²) in [7, 11) is -1.56. The number of nitrogens with one attached hydrogen (secondary N) is 1. The summed E-state index contributed by atoms with van der Waals surface area (Å²) in [6.07, 6.45) is 4.85. The first-order chi connectivity index (χ1) is 12.5. The molecule has 2 aliphatic rings. The lowest BCUT2D eigenvalue weighted by Gasteiger charge is -2.32. The second-order valence-electron chi connectivity index (χ2n) is 7.29. The summed E-state index contributed by atoms with van der Waals surface area (Å²) >= 11 is 0. The first-order valence-electron chi connectivity index (χ1n) is 9.56. The van der Waals surface area contributed by atoms with Gasteiger partial charge in [-0.1, -0.05) is 12.5 Å². The maximum absolute atomic E-state index is 12.8. The fraction of sp³-hybridized carbons (Fsp3) is 0.632. The van der Waals surface area contributed by atoms with E-state index in [0.717, 1.165) is 51.7 Å². The van der Waals surface area contributed by atoms with Crippen LogP contribution in [0.3, 0.4) is 0 Å². The summed E-state index contributed by atoms with van der Waals surface area (Å²) in [5.74, 6) is 0.540. The van der Waals surface area contributed by atoms with Crippen LogP contribution in [0.2, 0.25) is 0 Å². The monoisotopic (exact) mass is 379 g/mol. The van der Waals surface area contributed by atoms with Crippen LogP contribution in [0.25, 0.3) is 0 Å². The van der Waals surface area contributed by atoms with Gasteiger partial charge >= 0.3 is 0 Å². The number of piperidine rings is 2. The summed E-state index contributed by atoms with van der Waals surface area (Å²) in [6, 6.07) is 6.54. The van der Waals surface area contributed by atoms with Crippen LogP contribution < -0.4 is 5.32 Å². The molecule has 0 saturated carbocycles. The number of nitrogens with zero attached hydrogens (tertiary/aromatic N) is 2. The van der Waals surface area contributed by atoms with Gasteiger partial charge < -0.3 is 10.2 Å². The average Bonchev–Trinajstić information content (AvgIpc) is 2.69. The molecule has 2 aliphatic heterocycles. The van der Waals surface area contributed by atoms with Crippen molar-refractivity contribution < 1.29 is 13.2 Å². The van der Waals surface area contributed by atoms with Gasteiger partial charge in [-0.25, -0.2) is 8.42 Å². The van der Waals surface area contributed by atoms with Crippen LogP contribution in [0.4, 0.5) is 0 Å². The number of rotatable bonds is 5. The molecule has 0 radical (unpaired) electrons. The number of likely N-dealkylation sites (tertiary alicyclic amines) is 1. The van der Waals surface area contributed by atoms with Crippen molar-refractivity contribution in [1.29, 1.82) is 0 Å². The SMILES string of the molecule is CNCC1CCN(C(=O)c2cccc(S(=O)(=O)N3CCCCC3)c2)CC1. The summed E-state index contributed by atoms with van der Waals surface area (Å²) in [5, 5.41) is 3.19. The molecule has 2 heterocycles. The van der Waals surface area contributed by atoms with E-state index in [1.54, 1.807) is 28.6 Å². The molecule has 3 rings (SSSR count). The van der Waals surface area contributed by atoms with E-state index in [-0.39, 0.29) is 10.8 Å². The fourth-order valence-electron chi connectivity index (χ4n) is 3.86. The van der Waals surface area contributed by atoms with Crippen molar-refractivity contribution in [2.24, 2.45) is 5.92 Å². The van der Waals surface area contributed by atoms with Crippen molar-refractivity contribution in [1.82, 2.24) is 14.5 Å². The van der Waals surface area contributed by atoms with E-state index < -0.39 is 10.0 Å². The lowest BCUT2D eigenvalue weighted by Crippen LogP contribution is -2.40. The minimum absolute atomic E-state index is 0.0661. The zero-order valence-electron chi connectivity index (χ0n) is 15.5. The van der Waals surface area contributed by atoms with Gasteiger partial charge in [0.2, 0.25) is 10.0 Å². The number of carbonyl (C=O) groups excluding carboxylic acids is 1. The third-order valence-electron chi connectivity index (χ3n) is 5.43. The third-order valence-corrected chi connectivity index (χ3v) is 7.32. The van der Waals surface area contributed by atoms with Crippen molar-refractivity contribution in [3.63, 3.8) is 0 Å². The standard InChI is InChI=1S/C19H29N3O3S/c1-20-15-16-8-12-21(13-9-16)19(23)17-6-5-7-18(14-17)26(24,25)22-10-3-2-4-11-22/h5-7,14,16,20H,2-4,8-13,15H2,1H3. The van der Waals surface area contributed by atoms with Crippen molar-refractivity contribution >= 4 is 15.9 Å². The van der Waals surface area contributed by atoms with E-state index in [0.29, 0.717) is 24.6 Å². The minimum atomic E-state index is -3.51. The van der Waals surface area contributed by atoms with Crippen molar-refractivity contribution in [3.05, 3.63) is 29.8 Å². The van der Waals surface area contributed by atoms with E-state index in [9.17, 15) is 13.2 Å². The Hall–Kier alpha value is -1.44. The Morgan fingerprint density at radius 3 is 2.46 bits per heavy atom. The molecule has 144 valence electrons. The van der Waals surface area contributed by atoms with E-state index in [1.807, 2.05) is 11.9 Å². The maximum Gasteiger partial charge on any atom is 0.253 e.